The summed E-state index contributed by atoms with van der Waals surface area (Å²) in [6.45, 7) is 3.28. The molecule has 1 nitrogen and oxygen atoms in total. The molecule has 0 spiro atoms. The Morgan fingerprint density at radius 1 is 1.23 bits per heavy atom. The molecular weight excluding hydrogens is 160 g/mol. The first-order valence-electron chi connectivity index (χ1n) is 5.54. The van der Waals surface area contributed by atoms with Gasteiger partial charge in [0.1, 0.15) is 0 Å². The average molecular weight is 180 g/mol. The van der Waals surface area contributed by atoms with Gasteiger partial charge < -0.3 is 4.74 Å². The highest BCUT2D eigenvalue weighted by Gasteiger charge is 2.42. The fourth-order valence-electron chi connectivity index (χ4n) is 3.31. The van der Waals surface area contributed by atoms with E-state index in [0.29, 0.717) is 0 Å². The van der Waals surface area contributed by atoms with Gasteiger partial charge in [0.25, 0.3) is 0 Å². The average Bonchev–Trinajstić information content (AvgIpc) is 2.73. The highest BCUT2D eigenvalue weighted by molar-refractivity contribution is 5.13. The van der Waals surface area contributed by atoms with E-state index in [1.165, 1.54) is 19.3 Å². The van der Waals surface area contributed by atoms with Crippen molar-refractivity contribution in [3.63, 3.8) is 0 Å². The van der Waals surface area contributed by atoms with Crippen LogP contribution in [0.2, 0.25) is 0 Å². The Hall–Kier alpha value is -0.300. The molecule has 1 fully saturated rings. The first-order valence-corrected chi connectivity index (χ1v) is 5.54. The molecule has 2 aliphatic carbocycles. The molecule has 4 unspecified atom stereocenters. The lowest BCUT2D eigenvalue weighted by atomic mass is 9.80. The van der Waals surface area contributed by atoms with E-state index in [4.69, 9.17) is 4.74 Å². The molecule has 0 aromatic carbocycles. The molecule has 1 heteroatoms. The van der Waals surface area contributed by atoms with Crippen LogP contribution < -0.4 is 0 Å². The van der Waals surface area contributed by atoms with Gasteiger partial charge in [-0.05, 0) is 36.5 Å². The maximum atomic E-state index is 5.18. The van der Waals surface area contributed by atoms with Gasteiger partial charge in [0.2, 0.25) is 0 Å². The van der Waals surface area contributed by atoms with Crippen molar-refractivity contribution in [1.82, 2.24) is 0 Å². The molecule has 2 aliphatic rings. The van der Waals surface area contributed by atoms with Crippen molar-refractivity contribution >= 4 is 0 Å². The molecule has 0 aromatic heterocycles. The maximum absolute atomic E-state index is 5.18. The normalized spacial score (nSPS) is 41.7. The Morgan fingerprint density at radius 3 is 2.54 bits per heavy atom. The zero-order valence-corrected chi connectivity index (χ0v) is 8.70. The molecule has 0 radical (unpaired) electrons. The lowest BCUT2D eigenvalue weighted by Crippen LogP contribution is -2.20. The Bertz CT molecular complexity index is 197. The molecule has 13 heavy (non-hydrogen) atoms. The van der Waals surface area contributed by atoms with Gasteiger partial charge in [-0.2, -0.15) is 0 Å². The Kier molecular flexibility index (Phi) is 2.73. The monoisotopic (exact) mass is 180 g/mol. The second-order valence-electron chi connectivity index (χ2n) is 4.47. The third-order valence-corrected chi connectivity index (χ3v) is 3.93. The first kappa shape index (κ1) is 9.26. The van der Waals surface area contributed by atoms with Gasteiger partial charge in [-0.1, -0.05) is 25.5 Å². The minimum atomic E-state index is 0.880. The minimum absolute atomic E-state index is 0.880. The smallest absolute Gasteiger partial charge is 0.0465 e. The number of rotatable bonds is 4. The van der Waals surface area contributed by atoms with Crippen LogP contribution in [0.3, 0.4) is 0 Å². The largest absolute Gasteiger partial charge is 0.385 e. The molecular formula is C12H20O. The highest BCUT2D eigenvalue weighted by atomic mass is 16.5. The van der Waals surface area contributed by atoms with Crippen molar-refractivity contribution in [1.29, 1.82) is 0 Å². The van der Waals surface area contributed by atoms with Crippen LogP contribution in [-0.4, -0.2) is 13.7 Å². The molecule has 0 N–H and O–H groups in total. The standard InChI is InChI=1S/C12H20O/c1-3-11-9-4-5-10(8-9)12(11)6-7-13-2/h4-5,9-12H,3,6-8H2,1-2H3. The van der Waals surface area contributed by atoms with Gasteiger partial charge in [-0.15, -0.1) is 0 Å². The third kappa shape index (κ3) is 1.54. The summed E-state index contributed by atoms with van der Waals surface area (Å²) in [5.41, 5.74) is 0. The Balaban J connectivity index is 1.97. The summed E-state index contributed by atoms with van der Waals surface area (Å²) < 4.78 is 5.18. The summed E-state index contributed by atoms with van der Waals surface area (Å²) in [6, 6.07) is 0. The number of allylic oxidation sites excluding steroid dienone is 2. The zero-order chi connectivity index (χ0) is 9.26. The molecule has 2 bridgehead atoms. The quantitative estimate of drug-likeness (QED) is 0.604. The van der Waals surface area contributed by atoms with Crippen LogP contribution in [0.15, 0.2) is 12.2 Å². The SMILES string of the molecule is CCC1C2C=CC(C2)C1CCOC. The Labute approximate surface area is 81.2 Å². The van der Waals surface area contributed by atoms with Crippen molar-refractivity contribution in [2.24, 2.45) is 23.7 Å². The number of hydrogen-bond acceptors (Lipinski definition) is 1. The van der Waals surface area contributed by atoms with Gasteiger partial charge >= 0.3 is 0 Å². The van der Waals surface area contributed by atoms with Crippen molar-refractivity contribution in [2.75, 3.05) is 13.7 Å². The van der Waals surface area contributed by atoms with Crippen LogP contribution in [-0.2, 0) is 4.74 Å². The molecule has 4 atom stereocenters. The molecule has 0 heterocycles. The molecule has 2 rings (SSSR count). The third-order valence-electron chi connectivity index (χ3n) is 3.93. The van der Waals surface area contributed by atoms with E-state index in [1.54, 1.807) is 0 Å². The van der Waals surface area contributed by atoms with Gasteiger partial charge in [0, 0.05) is 13.7 Å². The lowest BCUT2D eigenvalue weighted by Gasteiger charge is -2.26. The summed E-state index contributed by atoms with van der Waals surface area (Å²) in [4.78, 5) is 0. The van der Waals surface area contributed by atoms with Crippen LogP contribution in [0.1, 0.15) is 26.2 Å². The summed E-state index contributed by atoms with van der Waals surface area (Å²) in [6.07, 6.45) is 8.92. The molecule has 0 amide bonds. The minimum Gasteiger partial charge on any atom is -0.385 e. The zero-order valence-electron chi connectivity index (χ0n) is 8.70. The number of ether oxygens (including phenoxy) is 1. The number of fused-ring (bicyclic) bond motifs is 2. The number of hydrogen-bond donors (Lipinski definition) is 0. The van der Waals surface area contributed by atoms with Crippen LogP contribution in [0.5, 0.6) is 0 Å². The van der Waals surface area contributed by atoms with Gasteiger partial charge in [0.05, 0.1) is 0 Å². The van der Waals surface area contributed by atoms with Crippen LogP contribution in [0, 0.1) is 23.7 Å². The van der Waals surface area contributed by atoms with E-state index in [0.717, 1.165) is 30.3 Å². The van der Waals surface area contributed by atoms with E-state index < -0.39 is 0 Å². The summed E-state index contributed by atoms with van der Waals surface area (Å²) >= 11 is 0. The van der Waals surface area contributed by atoms with E-state index >= 15 is 0 Å². The van der Waals surface area contributed by atoms with E-state index in [1.807, 2.05) is 7.11 Å². The number of methoxy groups -OCH3 is 1. The van der Waals surface area contributed by atoms with Gasteiger partial charge in [-0.25, -0.2) is 0 Å². The highest BCUT2D eigenvalue weighted by Crippen LogP contribution is 2.50. The summed E-state index contributed by atoms with van der Waals surface area (Å²) in [5, 5.41) is 0. The van der Waals surface area contributed by atoms with Crippen LogP contribution in [0.25, 0.3) is 0 Å². The molecule has 0 aromatic rings. The van der Waals surface area contributed by atoms with Crippen molar-refractivity contribution in [3.8, 4) is 0 Å². The predicted molar refractivity (Wildman–Crippen MR) is 54.5 cm³/mol. The molecule has 0 saturated heterocycles. The topological polar surface area (TPSA) is 9.23 Å². The second-order valence-corrected chi connectivity index (χ2v) is 4.47. The lowest BCUT2D eigenvalue weighted by molar-refractivity contribution is 0.153. The van der Waals surface area contributed by atoms with Crippen molar-refractivity contribution < 1.29 is 4.74 Å². The Morgan fingerprint density at radius 2 is 1.92 bits per heavy atom. The fourth-order valence-corrected chi connectivity index (χ4v) is 3.31. The van der Waals surface area contributed by atoms with Gasteiger partial charge in [0.15, 0.2) is 0 Å². The van der Waals surface area contributed by atoms with E-state index in [9.17, 15) is 0 Å². The predicted octanol–water partition coefficient (Wildman–Crippen LogP) is 2.87. The molecule has 74 valence electrons. The van der Waals surface area contributed by atoms with E-state index in [2.05, 4.69) is 19.1 Å². The van der Waals surface area contributed by atoms with Gasteiger partial charge in [-0.3, -0.25) is 0 Å². The fraction of sp³-hybridized carbons (Fsp3) is 0.833. The molecule has 1 saturated carbocycles. The van der Waals surface area contributed by atoms with Crippen LogP contribution in [0.4, 0.5) is 0 Å². The van der Waals surface area contributed by atoms with Crippen LogP contribution >= 0.6 is 0 Å². The second kappa shape index (κ2) is 3.83. The van der Waals surface area contributed by atoms with E-state index in [-0.39, 0.29) is 0 Å². The van der Waals surface area contributed by atoms with Crippen molar-refractivity contribution in [2.45, 2.75) is 26.2 Å². The summed E-state index contributed by atoms with van der Waals surface area (Å²) in [5.74, 6) is 3.65. The molecule has 0 aliphatic heterocycles. The first-order chi connectivity index (χ1) is 6.36. The van der Waals surface area contributed by atoms with Crippen molar-refractivity contribution in [3.05, 3.63) is 12.2 Å². The maximum Gasteiger partial charge on any atom is 0.0465 e. The summed E-state index contributed by atoms with van der Waals surface area (Å²) in [7, 11) is 1.81.